The fourth-order valence-electron chi connectivity index (χ4n) is 2.54. The van der Waals surface area contributed by atoms with E-state index in [9.17, 15) is 4.79 Å². The summed E-state index contributed by atoms with van der Waals surface area (Å²) in [7, 11) is 1.57. The molecule has 1 unspecified atom stereocenters. The molecule has 3 nitrogen and oxygen atoms in total. The number of carbonyl (C=O) groups is 1. The van der Waals surface area contributed by atoms with Gasteiger partial charge in [-0.1, -0.05) is 25.4 Å². The zero-order valence-electron chi connectivity index (χ0n) is 11.5. The second-order valence-electron chi connectivity index (χ2n) is 5.20. The average Bonchev–Trinajstić information content (AvgIpc) is 2.77. The monoisotopic (exact) mass is 282 g/mol. The predicted molar refractivity (Wildman–Crippen MR) is 75.0 cm³/mol. The average molecular weight is 283 g/mol. The molecule has 0 radical (unpaired) electrons. The van der Waals surface area contributed by atoms with Crippen LogP contribution in [0.2, 0.25) is 5.02 Å². The smallest absolute Gasteiger partial charge is 0.166 e. The molecule has 0 saturated heterocycles. The number of ether oxygens (including phenoxy) is 2. The zero-order chi connectivity index (χ0) is 14.0. The summed E-state index contributed by atoms with van der Waals surface area (Å²) in [5.74, 6) is 1.06. The maximum Gasteiger partial charge on any atom is 0.166 e. The molecule has 0 aromatic heterocycles. The largest absolute Gasteiger partial charge is 0.493 e. The first kappa shape index (κ1) is 14.4. The van der Waals surface area contributed by atoms with Gasteiger partial charge in [-0.05, 0) is 23.6 Å². The second kappa shape index (κ2) is 5.93. The second-order valence-corrected chi connectivity index (χ2v) is 5.63. The van der Waals surface area contributed by atoms with Crippen LogP contribution in [0.5, 0.6) is 5.75 Å². The van der Waals surface area contributed by atoms with Crippen LogP contribution in [-0.4, -0.2) is 25.6 Å². The Kier molecular flexibility index (Phi) is 4.48. The molecular formula is C15H19ClO3. The van der Waals surface area contributed by atoms with Crippen molar-refractivity contribution >= 4 is 17.4 Å². The minimum absolute atomic E-state index is 0.0671. The predicted octanol–water partition coefficient (Wildman–Crippen LogP) is 3.06. The lowest BCUT2D eigenvalue weighted by atomic mass is 9.96. The molecule has 1 aliphatic heterocycles. The Balaban J connectivity index is 2.22. The Morgan fingerprint density at radius 2 is 2.21 bits per heavy atom. The highest BCUT2D eigenvalue weighted by Crippen LogP contribution is 2.33. The summed E-state index contributed by atoms with van der Waals surface area (Å²) in [6.45, 7) is 4.62. The number of hydrogen-bond acceptors (Lipinski definition) is 3. The molecule has 0 aliphatic carbocycles. The first-order valence-corrected chi connectivity index (χ1v) is 6.90. The SMILES string of the molecule is COC(C(=O)Cc1cc(Cl)cc2c1OCC2)C(C)C. The minimum atomic E-state index is -0.379. The van der Waals surface area contributed by atoms with E-state index in [2.05, 4.69) is 0 Å². The van der Waals surface area contributed by atoms with E-state index in [-0.39, 0.29) is 17.8 Å². The van der Waals surface area contributed by atoms with E-state index >= 15 is 0 Å². The van der Waals surface area contributed by atoms with Gasteiger partial charge in [0.1, 0.15) is 11.9 Å². The molecule has 0 saturated carbocycles. The van der Waals surface area contributed by atoms with E-state index in [1.54, 1.807) is 7.11 Å². The van der Waals surface area contributed by atoms with Crippen LogP contribution in [0.25, 0.3) is 0 Å². The van der Waals surface area contributed by atoms with E-state index < -0.39 is 0 Å². The lowest BCUT2D eigenvalue weighted by Crippen LogP contribution is -2.30. The van der Waals surface area contributed by atoms with Crippen molar-refractivity contribution in [2.75, 3.05) is 13.7 Å². The number of hydrogen-bond donors (Lipinski definition) is 0. The van der Waals surface area contributed by atoms with Gasteiger partial charge in [-0.25, -0.2) is 0 Å². The maximum absolute atomic E-state index is 12.3. The van der Waals surface area contributed by atoms with E-state index in [1.165, 1.54) is 0 Å². The van der Waals surface area contributed by atoms with Crippen molar-refractivity contribution in [3.8, 4) is 5.75 Å². The molecule has 0 bridgehead atoms. The highest BCUT2D eigenvalue weighted by atomic mass is 35.5. The van der Waals surface area contributed by atoms with Gasteiger partial charge in [0.05, 0.1) is 6.61 Å². The van der Waals surface area contributed by atoms with E-state index in [4.69, 9.17) is 21.1 Å². The van der Waals surface area contributed by atoms with Gasteiger partial charge in [0.2, 0.25) is 0 Å². The zero-order valence-corrected chi connectivity index (χ0v) is 12.3. The summed E-state index contributed by atoms with van der Waals surface area (Å²) in [6.07, 6.45) is 0.783. The highest BCUT2D eigenvalue weighted by molar-refractivity contribution is 6.30. The van der Waals surface area contributed by atoms with Crippen molar-refractivity contribution in [3.63, 3.8) is 0 Å². The van der Waals surface area contributed by atoms with Gasteiger partial charge >= 0.3 is 0 Å². The van der Waals surface area contributed by atoms with Crippen molar-refractivity contribution < 1.29 is 14.3 Å². The van der Waals surface area contributed by atoms with Gasteiger partial charge in [0, 0.05) is 30.5 Å². The Bertz CT molecular complexity index is 483. The Labute approximate surface area is 118 Å². The number of methoxy groups -OCH3 is 1. The van der Waals surface area contributed by atoms with Crippen LogP contribution in [0.4, 0.5) is 0 Å². The van der Waals surface area contributed by atoms with E-state index in [0.29, 0.717) is 18.1 Å². The Morgan fingerprint density at radius 1 is 1.47 bits per heavy atom. The first-order chi connectivity index (χ1) is 9.02. The third-order valence-corrected chi connectivity index (χ3v) is 3.59. The minimum Gasteiger partial charge on any atom is -0.493 e. The summed E-state index contributed by atoms with van der Waals surface area (Å²) in [4.78, 5) is 12.3. The first-order valence-electron chi connectivity index (χ1n) is 6.52. The molecule has 4 heteroatoms. The summed E-state index contributed by atoms with van der Waals surface area (Å²) >= 11 is 6.09. The number of rotatable bonds is 5. The molecule has 0 spiro atoms. The molecule has 1 aromatic carbocycles. The van der Waals surface area contributed by atoms with Crippen molar-refractivity contribution in [2.24, 2.45) is 5.92 Å². The molecule has 0 amide bonds. The molecule has 1 atom stereocenters. The van der Waals surface area contributed by atoms with Crippen LogP contribution in [0.1, 0.15) is 25.0 Å². The van der Waals surface area contributed by atoms with Crippen LogP contribution in [0.15, 0.2) is 12.1 Å². The van der Waals surface area contributed by atoms with Crippen LogP contribution >= 0.6 is 11.6 Å². The van der Waals surface area contributed by atoms with E-state index in [1.807, 2.05) is 26.0 Å². The number of fused-ring (bicyclic) bond motifs is 1. The Morgan fingerprint density at radius 3 is 2.84 bits per heavy atom. The third kappa shape index (κ3) is 3.10. The van der Waals surface area contributed by atoms with Gasteiger partial charge in [-0.15, -0.1) is 0 Å². The standard InChI is InChI=1S/C15H19ClO3/c1-9(2)14(18-3)13(17)8-11-7-12(16)6-10-4-5-19-15(10)11/h6-7,9,14H,4-5,8H2,1-3H3. The molecule has 1 heterocycles. The summed E-state index contributed by atoms with van der Waals surface area (Å²) in [5.41, 5.74) is 1.96. The fraction of sp³-hybridized carbons (Fsp3) is 0.533. The lowest BCUT2D eigenvalue weighted by molar-refractivity contribution is -0.130. The highest BCUT2D eigenvalue weighted by Gasteiger charge is 2.25. The molecule has 0 fully saturated rings. The molecule has 104 valence electrons. The molecule has 19 heavy (non-hydrogen) atoms. The number of Topliss-reactive ketones (excluding diaryl/α,β-unsaturated/α-hetero) is 1. The topological polar surface area (TPSA) is 35.5 Å². The van der Waals surface area contributed by atoms with Gasteiger partial charge in [0.25, 0.3) is 0 Å². The van der Waals surface area contributed by atoms with Crippen molar-refractivity contribution in [3.05, 3.63) is 28.3 Å². The molecule has 0 N–H and O–H groups in total. The molecule has 1 aromatic rings. The maximum atomic E-state index is 12.3. The van der Waals surface area contributed by atoms with Crippen LogP contribution in [0, 0.1) is 5.92 Å². The van der Waals surface area contributed by atoms with Gasteiger partial charge < -0.3 is 9.47 Å². The van der Waals surface area contributed by atoms with Crippen LogP contribution in [0.3, 0.4) is 0 Å². The summed E-state index contributed by atoms with van der Waals surface area (Å²) in [5, 5.41) is 0.658. The molecule has 1 aliphatic rings. The number of carbonyl (C=O) groups excluding carboxylic acids is 1. The van der Waals surface area contributed by atoms with Gasteiger partial charge in [-0.2, -0.15) is 0 Å². The summed E-state index contributed by atoms with van der Waals surface area (Å²) < 4.78 is 10.9. The van der Waals surface area contributed by atoms with Crippen molar-refractivity contribution in [1.29, 1.82) is 0 Å². The summed E-state index contributed by atoms with van der Waals surface area (Å²) in [6, 6.07) is 3.73. The quantitative estimate of drug-likeness (QED) is 0.833. The number of halogens is 1. The van der Waals surface area contributed by atoms with Crippen LogP contribution < -0.4 is 4.74 Å². The molecule has 2 rings (SSSR count). The van der Waals surface area contributed by atoms with Gasteiger partial charge in [-0.3, -0.25) is 4.79 Å². The number of ketones is 1. The van der Waals surface area contributed by atoms with Gasteiger partial charge in [0.15, 0.2) is 5.78 Å². The normalized spacial score (nSPS) is 15.2. The Hall–Kier alpha value is -1.06. The third-order valence-electron chi connectivity index (χ3n) is 3.37. The van der Waals surface area contributed by atoms with Crippen LogP contribution in [-0.2, 0) is 22.4 Å². The van der Waals surface area contributed by atoms with Crippen molar-refractivity contribution in [1.82, 2.24) is 0 Å². The van der Waals surface area contributed by atoms with E-state index in [0.717, 1.165) is 23.3 Å². The fourth-order valence-corrected chi connectivity index (χ4v) is 2.80. The lowest BCUT2D eigenvalue weighted by Gasteiger charge is -2.18. The number of benzene rings is 1. The molecular weight excluding hydrogens is 264 g/mol. The van der Waals surface area contributed by atoms with Crippen molar-refractivity contribution in [2.45, 2.75) is 32.8 Å².